The van der Waals surface area contributed by atoms with Gasteiger partial charge in [-0.25, -0.2) is 15.0 Å². The first kappa shape index (κ1) is 23.6. The van der Waals surface area contributed by atoms with Crippen molar-refractivity contribution in [3.8, 4) is 68.3 Å². The molecule has 8 rings (SSSR count). The van der Waals surface area contributed by atoms with Gasteiger partial charge in [-0.1, -0.05) is 105 Å². The molecule has 1 aliphatic heterocycles. The van der Waals surface area contributed by atoms with Crippen LogP contribution in [0.2, 0.25) is 0 Å². The molecule has 2 heterocycles. The van der Waals surface area contributed by atoms with Crippen LogP contribution in [0, 0.1) is 0 Å². The van der Waals surface area contributed by atoms with Gasteiger partial charge in [-0.3, -0.25) is 0 Å². The minimum atomic E-state index is -0.145. The molecule has 0 bridgehead atoms. The molecule has 5 aromatic carbocycles. The molecule has 0 radical (unpaired) electrons. The zero-order valence-corrected chi connectivity index (χ0v) is 22.6. The topological polar surface area (TPSA) is 57.1 Å². The smallest absolute Gasteiger partial charge is 0.181 e. The first-order chi connectivity index (χ1) is 20.1. The summed E-state index contributed by atoms with van der Waals surface area (Å²) < 4.78 is 13.1. The molecule has 0 spiro atoms. The first-order valence-electron chi connectivity index (χ1n) is 13.7. The number of nitrogens with zero attached hydrogens (tertiary/aromatic N) is 3. The third-order valence-electron chi connectivity index (χ3n) is 8.00. The molecular weight excluding hydrogens is 506 g/mol. The highest BCUT2D eigenvalue weighted by Gasteiger charge is 2.37. The van der Waals surface area contributed by atoms with Crippen molar-refractivity contribution in [1.29, 1.82) is 0 Å². The summed E-state index contributed by atoms with van der Waals surface area (Å²) in [7, 11) is 0. The van der Waals surface area contributed by atoms with E-state index in [0.717, 1.165) is 16.7 Å². The second kappa shape index (κ2) is 8.86. The first-order valence-corrected chi connectivity index (χ1v) is 13.7. The summed E-state index contributed by atoms with van der Waals surface area (Å²) in [5, 5.41) is 0. The van der Waals surface area contributed by atoms with Crippen molar-refractivity contribution in [2.75, 3.05) is 0 Å². The lowest BCUT2D eigenvalue weighted by atomic mass is 9.82. The molecule has 0 unspecified atom stereocenters. The number of benzene rings is 5. The van der Waals surface area contributed by atoms with E-state index in [1.807, 2.05) is 78.9 Å². The van der Waals surface area contributed by atoms with Crippen LogP contribution in [0.4, 0.5) is 0 Å². The van der Waals surface area contributed by atoms with Gasteiger partial charge in [-0.2, -0.15) is 0 Å². The van der Waals surface area contributed by atoms with E-state index >= 15 is 0 Å². The standard InChI is InChI=1S/C36H25N3O2/c1-36(2)27-18-10-9-16-24(27)26-20-30-31(21-28(26)36)41-32-25(17-11-19-29(32)40-30)35-38-33(22-12-5-3-6-13-22)37-34(39-35)23-14-7-4-8-15-23/h3-21H,1-2H3. The van der Waals surface area contributed by atoms with Gasteiger partial charge < -0.3 is 9.47 Å². The Hall–Kier alpha value is -5.29. The van der Waals surface area contributed by atoms with Crippen molar-refractivity contribution in [1.82, 2.24) is 15.0 Å². The molecule has 6 aromatic rings. The van der Waals surface area contributed by atoms with Crippen molar-refractivity contribution < 1.29 is 9.47 Å². The number of rotatable bonds is 3. The highest BCUT2D eigenvalue weighted by atomic mass is 16.6. The number of para-hydroxylation sites is 1. The Morgan fingerprint density at radius 1 is 0.463 bits per heavy atom. The Kier molecular flexibility index (Phi) is 5.10. The minimum absolute atomic E-state index is 0.145. The van der Waals surface area contributed by atoms with Gasteiger partial charge in [-0.15, -0.1) is 0 Å². The van der Waals surface area contributed by atoms with Crippen LogP contribution in [0.25, 0.3) is 45.3 Å². The van der Waals surface area contributed by atoms with E-state index in [-0.39, 0.29) is 5.41 Å². The minimum Gasteiger partial charge on any atom is -0.449 e. The Bertz CT molecular complexity index is 1910. The molecule has 1 aliphatic carbocycles. The molecule has 2 aliphatic rings. The maximum Gasteiger partial charge on any atom is 0.181 e. The number of ether oxygens (including phenoxy) is 2. The molecule has 41 heavy (non-hydrogen) atoms. The van der Waals surface area contributed by atoms with E-state index in [2.05, 4.69) is 50.2 Å². The second-order valence-corrected chi connectivity index (χ2v) is 10.9. The van der Waals surface area contributed by atoms with Crippen LogP contribution >= 0.6 is 0 Å². The van der Waals surface area contributed by atoms with Gasteiger partial charge >= 0.3 is 0 Å². The van der Waals surface area contributed by atoms with E-state index in [4.69, 9.17) is 24.4 Å². The predicted molar refractivity (Wildman–Crippen MR) is 160 cm³/mol. The molecule has 0 amide bonds. The molecule has 196 valence electrons. The summed E-state index contributed by atoms with van der Waals surface area (Å²) in [6.45, 7) is 4.52. The zero-order chi connectivity index (χ0) is 27.6. The summed E-state index contributed by atoms with van der Waals surface area (Å²) in [5.41, 5.74) is 7.38. The quantitative estimate of drug-likeness (QED) is 0.228. The zero-order valence-electron chi connectivity index (χ0n) is 22.6. The highest BCUT2D eigenvalue weighted by Crippen LogP contribution is 2.56. The fourth-order valence-electron chi connectivity index (χ4n) is 5.90. The van der Waals surface area contributed by atoms with Crippen molar-refractivity contribution in [2.45, 2.75) is 19.3 Å². The summed E-state index contributed by atoms with van der Waals surface area (Å²) in [5.74, 6) is 4.33. The van der Waals surface area contributed by atoms with Crippen LogP contribution in [0.3, 0.4) is 0 Å². The van der Waals surface area contributed by atoms with Gasteiger partial charge in [0.25, 0.3) is 0 Å². The van der Waals surface area contributed by atoms with Crippen molar-refractivity contribution in [3.05, 3.63) is 126 Å². The maximum absolute atomic E-state index is 6.65. The lowest BCUT2D eigenvalue weighted by molar-refractivity contribution is 0.360. The molecule has 0 fully saturated rings. The Balaban J connectivity index is 1.27. The molecule has 5 nitrogen and oxygen atoms in total. The van der Waals surface area contributed by atoms with Gasteiger partial charge in [0.2, 0.25) is 0 Å². The summed E-state index contributed by atoms with van der Waals surface area (Å²) >= 11 is 0. The lowest BCUT2D eigenvalue weighted by Crippen LogP contribution is -2.15. The molecular formula is C36H25N3O2. The third kappa shape index (κ3) is 3.74. The highest BCUT2D eigenvalue weighted by molar-refractivity contribution is 5.84. The van der Waals surface area contributed by atoms with Gasteiger partial charge in [0.05, 0.1) is 5.56 Å². The van der Waals surface area contributed by atoms with Crippen LogP contribution in [0.1, 0.15) is 25.0 Å². The van der Waals surface area contributed by atoms with Crippen LogP contribution in [0.15, 0.2) is 115 Å². The largest absolute Gasteiger partial charge is 0.449 e. The van der Waals surface area contributed by atoms with E-state index < -0.39 is 0 Å². The maximum atomic E-state index is 6.65. The second-order valence-electron chi connectivity index (χ2n) is 10.9. The van der Waals surface area contributed by atoms with Crippen LogP contribution < -0.4 is 9.47 Å². The van der Waals surface area contributed by atoms with Gasteiger partial charge in [0.1, 0.15) is 0 Å². The van der Waals surface area contributed by atoms with Crippen molar-refractivity contribution in [2.24, 2.45) is 0 Å². The van der Waals surface area contributed by atoms with Crippen LogP contribution in [-0.4, -0.2) is 15.0 Å². The molecule has 0 saturated carbocycles. The third-order valence-corrected chi connectivity index (χ3v) is 8.00. The van der Waals surface area contributed by atoms with E-state index in [1.54, 1.807) is 0 Å². The lowest BCUT2D eigenvalue weighted by Gasteiger charge is -2.26. The van der Waals surface area contributed by atoms with E-state index in [1.165, 1.54) is 22.3 Å². The SMILES string of the molecule is CC1(C)c2ccccc2-c2cc3c(cc21)Oc1c(cccc1-c1nc(-c2ccccc2)nc(-c2ccccc2)n1)O3. The molecule has 5 heteroatoms. The summed E-state index contributed by atoms with van der Waals surface area (Å²) in [6.07, 6.45) is 0. The van der Waals surface area contributed by atoms with Gasteiger partial charge in [-0.05, 0) is 46.5 Å². The van der Waals surface area contributed by atoms with E-state index in [0.29, 0.717) is 40.5 Å². The van der Waals surface area contributed by atoms with Crippen LogP contribution in [-0.2, 0) is 5.41 Å². The molecule has 0 atom stereocenters. The van der Waals surface area contributed by atoms with Crippen molar-refractivity contribution >= 4 is 0 Å². The average molecular weight is 532 g/mol. The van der Waals surface area contributed by atoms with Gasteiger partial charge in [0, 0.05) is 16.5 Å². The summed E-state index contributed by atoms with van der Waals surface area (Å²) in [6, 6.07) is 38.6. The monoisotopic (exact) mass is 531 g/mol. The molecule has 0 N–H and O–H groups in total. The van der Waals surface area contributed by atoms with Gasteiger partial charge in [0.15, 0.2) is 40.5 Å². The normalized spacial score (nSPS) is 13.7. The number of hydrogen-bond donors (Lipinski definition) is 0. The average Bonchev–Trinajstić information content (AvgIpc) is 3.25. The molecule has 1 aromatic heterocycles. The number of fused-ring (bicyclic) bond motifs is 5. The predicted octanol–water partition coefficient (Wildman–Crippen LogP) is 9.08. The van der Waals surface area contributed by atoms with E-state index in [9.17, 15) is 0 Å². The molecule has 0 saturated heterocycles. The van der Waals surface area contributed by atoms with Crippen LogP contribution in [0.5, 0.6) is 23.0 Å². The fourth-order valence-corrected chi connectivity index (χ4v) is 5.90. The fraction of sp³-hybridized carbons (Fsp3) is 0.0833. The Morgan fingerprint density at radius 3 is 1.76 bits per heavy atom. The Morgan fingerprint density at radius 2 is 1.05 bits per heavy atom. The van der Waals surface area contributed by atoms with Crippen molar-refractivity contribution in [3.63, 3.8) is 0 Å². The number of aromatic nitrogens is 3. The summed E-state index contributed by atoms with van der Waals surface area (Å²) in [4.78, 5) is 14.7. The Labute approximate surface area is 238 Å². The number of hydrogen-bond acceptors (Lipinski definition) is 5.